The van der Waals surface area contributed by atoms with Crippen molar-refractivity contribution in [3.8, 4) is 11.1 Å². The summed E-state index contributed by atoms with van der Waals surface area (Å²) in [5, 5.41) is 8.53. The van der Waals surface area contributed by atoms with Gasteiger partial charge in [0.05, 0.1) is 0 Å². The molecular weight excluding hydrogens is 356 g/mol. The first-order chi connectivity index (χ1) is 14.4. The molecule has 4 aromatic rings. The third kappa shape index (κ3) is 3.75. The summed E-state index contributed by atoms with van der Waals surface area (Å²) >= 11 is 0. The lowest BCUT2D eigenvalue weighted by Crippen LogP contribution is -2.14. The smallest absolute Gasteiger partial charge is 0.155 e. The Balaban J connectivity index is 1.58. The Morgan fingerprint density at radius 3 is 2.34 bits per heavy atom. The van der Waals surface area contributed by atoms with Crippen LogP contribution in [0.2, 0.25) is 0 Å². The number of anilines is 1. The van der Waals surface area contributed by atoms with Crippen LogP contribution in [0.3, 0.4) is 0 Å². The molecule has 1 N–H and O–H groups in total. The SMILES string of the molecule is c1ccc(CNc2nc(C3CCCCC3)nn3ccc(-c4ccccc4)c23)cc1. The van der Waals surface area contributed by atoms with Crippen LogP contribution in [0.5, 0.6) is 0 Å². The van der Waals surface area contributed by atoms with Crippen LogP contribution in [0.25, 0.3) is 16.6 Å². The highest BCUT2D eigenvalue weighted by atomic mass is 15.3. The second-order valence-electron chi connectivity index (χ2n) is 7.88. The number of fused-ring (bicyclic) bond motifs is 1. The van der Waals surface area contributed by atoms with Gasteiger partial charge in [-0.05, 0) is 30.0 Å². The molecule has 4 heteroatoms. The van der Waals surface area contributed by atoms with Crippen molar-refractivity contribution in [1.29, 1.82) is 0 Å². The van der Waals surface area contributed by atoms with Crippen LogP contribution >= 0.6 is 0 Å². The van der Waals surface area contributed by atoms with Crippen molar-refractivity contribution in [2.24, 2.45) is 0 Å². The zero-order valence-electron chi connectivity index (χ0n) is 16.6. The van der Waals surface area contributed by atoms with Crippen LogP contribution in [0.4, 0.5) is 5.82 Å². The molecule has 0 spiro atoms. The molecule has 2 aromatic heterocycles. The van der Waals surface area contributed by atoms with Crippen LogP contribution in [-0.2, 0) is 6.54 Å². The summed E-state index contributed by atoms with van der Waals surface area (Å²) < 4.78 is 2.02. The predicted molar refractivity (Wildman–Crippen MR) is 118 cm³/mol. The monoisotopic (exact) mass is 382 g/mol. The molecule has 5 rings (SSSR count). The minimum atomic E-state index is 0.466. The number of aromatic nitrogens is 3. The molecule has 0 bridgehead atoms. The molecule has 1 saturated carbocycles. The Bertz CT molecular complexity index is 1080. The molecule has 1 fully saturated rings. The highest BCUT2D eigenvalue weighted by Gasteiger charge is 2.21. The van der Waals surface area contributed by atoms with E-state index in [0.29, 0.717) is 5.92 Å². The standard InChI is InChI=1S/C25H26N4/c1-4-10-19(11-5-1)18-26-25-23-22(20-12-6-2-7-13-20)16-17-29(23)28-24(27-25)21-14-8-3-9-15-21/h1-2,4-7,10-13,16-17,21H,3,8-9,14-15,18H2,(H,26,27,28). The van der Waals surface area contributed by atoms with Crippen LogP contribution in [0.15, 0.2) is 72.9 Å². The summed E-state index contributed by atoms with van der Waals surface area (Å²) in [7, 11) is 0. The third-order valence-corrected chi connectivity index (χ3v) is 5.89. The molecule has 1 aliphatic carbocycles. The van der Waals surface area contributed by atoms with Crippen molar-refractivity contribution >= 4 is 11.3 Å². The summed E-state index contributed by atoms with van der Waals surface area (Å²) in [5.41, 5.74) is 4.64. The number of rotatable bonds is 5. The van der Waals surface area contributed by atoms with Gasteiger partial charge in [-0.1, -0.05) is 79.9 Å². The van der Waals surface area contributed by atoms with E-state index in [9.17, 15) is 0 Å². The fraction of sp³-hybridized carbons (Fsp3) is 0.280. The molecule has 0 aliphatic heterocycles. The maximum Gasteiger partial charge on any atom is 0.155 e. The van der Waals surface area contributed by atoms with E-state index in [4.69, 9.17) is 10.1 Å². The van der Waals surface area contributed by atoms with E-state index in [1.54, 1.807) is 0 Å². The number of hydrogen-bond donors (Lipinski definition) is 1. The maximum absolute atomic E-state index is 5.05. The van der Waals surface area contributed by atoms with E-state index >= 15 is 0 Å². The Morgan fingerprint density at radius 2 is 1.59 bits per heavy atom. The molecule has 146 valence electrons. The third-order valence-electron chi connectivity index (χ3n) is 5.89. The van der Waals surface area contributed by atoms with Gasteiger partial charge in [-0.15, -0.1) is 0 Å². The van der Waals surface area contributed by atoms with Crippen molar-refractivity contribution in [3.05, 3.63) is 84.3 Å². The second-order valence-corrected chi connectivity index (χ2v) is 7.88. The van der Waals surface area contributed by atoms with Gasteiger partial charge in [-0.25, -0.2) is 9.50 Å². The second kappa shape index (κ2) is 8.08. The van der Waals surface area contributed by atoms with Crippen molar-refractivity contribution in [2.75, 3.05) is 5.32 Å². The summed E-state index contributed by atoms with van der Waals surface area (Å²) in [4.78, 5) is 5.05. The van der Waals surface area contributed by atoms with Crippen LogP contribution in [0, 0.1) is 0 Å². The summed E-state index contributed by atoms with van der Waals surface area (Å²) in [6.07, 6.45) is 8.34. The number of hydrogen-bond acceptors (Lipinski definition) is 3. The Morgan fingerprint density at radius 1 is 0.862 bits per heavy atom. The largest absolute Gasteiger partial charge is 0.364 e. The first-order valence-corrected chi connectivity index (χ1v) is 10.6. The average molecular weight is 383 g/mol. The lowest BCUT2D eigenvalue weighted by Gasteiger charge is -2.21. The molecule has 2 heterocycles. The molecule has 0 atom stereocenters. The lowest BCUT2D eigenvalue weighted by atomic mass is 9.89. The molecular formula is C25H26N4. The average Bonchev–Trinajstić information content (AvgIpc) is 3.24. The topological polar surface area (TPSA) is 42.2 Å². The van der Waals surface area contributed by atoms with Crippen LogP contribution in [-0.4, -0.2) is 14.6 Å². The van der Waals surface area contributed by atoms with E-state index < -0.39 is 0 Å². The Labute approximate surface area is 171 Å². The molecule has 1 aliphatic rings. The van der Waals surface area contributed by atoms with Crippen LogP contribution in [0.1, 0.15) is 49.4 Å². The normalized spacial score (nSPS) is 14.9. The van der Waals surface area contributed by atoms with E-state index in [0.717, 1.165) is 29.3 Å². The van der Waals surface area contributed by atoms with E-state index in [1.807, 2.05) is 16.6 Å². The Kier molecular flexibility index (Phi) is 4.99. The van der Waals surface area contributed by atoms with Gasteiger partial charge in [0.15, 0.2) is 11.6 Å². The van der Waals surface area contributed by atoms with Gasteiger partial charge < -0.3 is 5.32 Å². The van der Waals surface area contributed by atoms with Crippen molar-refractivity contribution in [1.82, 2.24) is 14.6 Å². The van der Waals surface area contributed by atoms with Gasteiger partial charge in [0.1, 0.15) is 5.52 Å². The summed E-state index contributed by atoms with van der Waals surface area (Å²) in [6, 6.07) is 23.1. The molecule has 0 radical (unpaired) electrons. The number of nitrogens with one attached hydrogen (secondary N) is 1. The lowest BCUT2D eigenvalue weighted by molar-refractivity contribution is 0.424. The minimum Gasteiger partial charge on any atom is -0.364 e. The summed E-state index contributed by atoms with van der Waals surface area (Å²) in [6.45, 7) is 0.747. The van der Waals surface area contributed by atoms with Crippen molar-refractivity contribution in [2.45, 2.75) is 44.6 Å². The van der Waals surface area contributed by atoms with Gasteiger partial charge in [-0.3, -0.25) is 0 Å². The molecule has 0 amide bonds. The fourth-order valence-corrected chi connectivity index (χ4v) is 4.33. The number of benzene rings is 2. The quantitative estimate of drug-likeness (QED) is 0.456. The van der Waals surface area contributed by atoms with Gasteiger partial charge >= 0.3 is 0 Å². The highest BCUT2D eigenvalue weighted by molar-refractivity contribution is 5.88. The molecule has 2 aromatic carbocycles. The Hall–Kier alpha value is -3.14. The highest BCUT2D eigenvalue weighted by Crippen LogP contribution is 2.34. The zero-order chi connectivity index (χ0) is 19.5. The van der Waals surface area contributed by atoms with Gasteiger partial charge in [0.2, 0.25) is 0 Å². The van der Waals surface area contributed by atoms with E-state index in [2.05, 4.69) is 66.1 Å². The summed E-state index contributed by atoms with van der Waals surface area (Å²) in [5.74, 6) is 2.37. The molecule has 0 saturated heterocycles. The minimum absolute atomic E-state index is 0.466. The van der Waals surface area contributed by atoms with E-state index in [-0.39, 0.29) is 0 Å². The van der Waals surface area contributed by atoms with Crippen molar-refractivity contribution in [3.63, 3.8) is 0 Å². The van der Waals surface area contributed by atoms with Gasteiger partial charge in [0.25, 0.3) is 0 Å². The molecule has 29 heavy (non-hydrogen) atoms. The molecule has 4 nitrogen and oxygen atoms in total. The predicted octanol–water partition coefficient (Wildman–Crippen LogP) is 6.06. The van der Waals surface area contributed by atoms with Gasteiger partial charge in [0, 0.05) is 24.2 Å². The fourth-order valence-electron chi connectivity index (χ4n) is 4.33. The van der Waals surface area contributed by atoms with E-state index in [1.165, 1.54) is 43.2 Å². The zero-order valence-corrected chi connectivity index (χ0v) is 16.6. The maximum atomic E-state index is 5.05. The molecule has 0 unspecified atom stereocenters. The first kappa shape index (κ1) is 17.9. The number of nitrogens with zero attached hydrogens (tertiary/aromatic N) is 3. The first-order valence-electron chi connectivity index (χ1n) is 10.6. The van der Waals surface area contributed by atoms with Gasteiger partial charge in [-0.2, -0.15) is 5.10 Å². The van der Waals surface area contributed by atoms with Crippen molar-refractivity contribution < 1.29 is 0 Å². The van der Waals surface area contributed by atoms with Crippen LogP contribution < -0.4 is 5.32 Å².